The van der Waals surface area contributed by atoms with E-state index < -0.39 is 24.0 Å². The van der Waals surface area contributed by atoms with Crippen LogP contribution >= 0.6 is 0 Å². The zero-order valence-corrected chi connectivity index (χ0v) is 6.77. The first-order chi connectivity index (χ1) is 6.04. The monoisotopic (exact) mass is 187 g/mol. The van der Waals surface area contributed by atoms with Gasteiger partial charge in [0.05, 0.1) is 0 Å². The number of carboxylic acid groups (broad SMARTS) is 2. The van der Waals surface area contributed by atoms with Crippen LogP contribution in [0.5, 0.6) is 0 Å². The second-order valence-corrected chi connectivity index (χ2v) is 2.79. The fourth-order valence-electron chi connectivity index (χ4n) is 1.34. The van der Waals surface area contributed by atoms with Crippen molar-refractivity contribution < 1.29 is 24.6 Å². The zero-order chi connectivity index (χ0) is 10.0. The number of likely N-dealkylation sites (tertiary alicyclic amines) is 1. The molecule has 13 heavy (non-hydrogen) atoms. The van der Waals surface area contributed by atoms with Crippen molar-refractivity contribution >= 4 is 18.0 Å². The van der Waals surface area contributed by atoms with Gasteiger partial charge >= 0.3 is 12.1 Å². The lowest BCUT2D eigenvalue weighted by atomic mass is 10.0. The molecule has 72 valence electrons. The Kier molecular flexibility index (Phi) is 2.50. The third kappa shape index (κ3) is 1.77. The number of amides is 2. The summed E-state index contributed by atoms with van der Waals surface area (Å²) in [5.74, 6) is -1.90. The maximum atomic E-state index is 11.0. The summed E-state index contributed by atoms with van der Waals surface area (Å²) < 4.78 is 0. The Hall–Kier alpha value is -1.59. The first-order valence-electron chi connectivity index (χ1n) is 3.82. The van der Waals surface area contributed by atoms with E-state index in [1.807, 2.05) is 0 Å². The van der Waals surface area contributed by atoms with E-state index >= 15 is 0 Å². The topological polar surface area (TPSA) is 94.9 Å². The van der Waals surface area contributed by atoms with Crippen molar-refractivity contribution in [3.63, 3.8) is 0 Å². The standard InChI is InChI=1S/C7H9NO5/c9-5-3-1-2-4(6(10)11)8(5)7(12)13/h4H,1-3H2,(H,10,11)(H,12,13)/t4-/m1/s1. The fraction of sp³-hybridized carbons (Fsp3) is 0.571. The lowest BCUT2D eigenvalue weighted by Crippen LogP contribution is -2.50. The molecule has 0 unspecified atom stereocenters. The molecule has 1 atom stereocenters. The highest BCUT2D eigenvalue weighted by molar-refractivity contribution is 5.96. The van der Waals surface area contributed by atoms with Gasteiger partial charge in [-0.05, 0) is 12.8 Å². The Balaban J connectivity index is 2.86. The van der Waals surface area contributed by atoms with Gasteiger partial charge in [0.25, 0.3) is 0 Å². The molecule has 1 fully saturated rings. The summed E-state index contributed by atoms with van der Waals surface area (Å²) in [7, 11) is 0. The fourth-order valence-corrected chi connectivity index (χ4v) is 1.34. The third-order valence-corrected chi connectivity index (χ3v) is 1.94. The maximum absolute atomic E-state index is 11.0. The van der Waals surface area contributed by atoms with Crippen molar-refractivity contribution in [3.05, 3.63) is 0 Å². The summed E-state index contributed by atoms with van der Waals surface area (Å²) in [6, 6.07) is -1.21. The molecule has 6 heteroatoms. The molecule has 1 aliphatic rings. The number of hydrogen-bond acceptors (Lipinski definition) is 3. The summed E-state index contributed by atoms with van der Waals surface area (Å²) in [5.41, 5.74) is 0. The predicted molar refractivity (Wildman–Crippen MR) is 40.1 cm³/mol. The number of nitrogens with zero attached hydrogens (tertiary/aromatic N) is 1. The average molecular weight is 187 g/mol. The van der Waals surface area contributed by atoms with Crippen molar-refractivity contribution in [1.82, 2.24) is 4.90 Å². The largest absolute Gasteiger partial charge is 0.480 e. The van der Waals surface area contributed by atoms with Crippen molar-refractivity contribution in [2.45, 2.75) is 25.3 Å². The van der Waals surface area contributed by atoms with Crippen LogP contribution in [0.15, 0.2) is 0 Å². The van der Waals surface area contributed by atoms with Crippen molar-refractivity contribution in [2.75, 3.05) is 0 Å². The number of carbonyl (C=O) groups is 3. The van der Waals surface area contributed by atoms with Crippen molar-refractivity contribution in [1.29, 1.82) is 0 Å². The van der Waals surface area contributed by atoms with Gasteiger partial charge in [0.2, 0.25) is 5.91 Å². The molecule has 6 nitrogen and oxygen atoms in total. The van der Waals surface area contributed by atoms with Gasteiger partial charge in [-0.1, -0.05) is 0 Å². The minimum atomic E-state index is -1.49. The first kappa shape index (κ1) is 9.50. The van der Waals surface area contributed by atoms with E-state index in [0.717, 1.165) is 0 Å². The van der Waals surface area contributed by atoms with E-state index in [2.05, 4.69) is 0 Å². The number of aliphatic carboxylic acids is 1. The van der Waals surface area contributed by atoms with Crippen LogP contribution in [0.3, 0.4) is 0 Å². The van der Waals surface area contributed by atoms with Crippen LogP contribution in [-0.2, 0) is 9.59 Å². The van der Waals surface area contributed by atoms with Gasteiger partial charge in [0.15, 0.2) is 0 Å². The molecule has 0 radical (unpaired) electrons. The van der Waals surface area contributed by atoms with Crippen LogP contribution in [0.4, 0.5) is 4.79 Å². The van der Waals surface area contributed by atoms with Crippen LogP contribution < -0.4 is 0 Å². The molecule has 0 saturated carbocycles. The Morgan fingerprint density at radius 2 is 2.00 bits per heavy atom. The van der Waals surface area contributed by atoms with Gasteiger partial charge in [0.1, 0.15) is 6.04 Å². The van der Waals surface area contributed by atoms with Gasteiger partial charge in [-0.15, -0.1) is 0 Å². The molecule has 1 saturated heterocycles. The lowest BCUT2D eigenvalue weighted by Gasteiger charge is -2.28. The molecule has 0 aromatic carbocycles. The molecular weight excluding hydrogens is 178 g/mol. The Bertz CT molecular complexity index is 262. The molecule has 1 aliphatic heterocycles. The van der Waals surface area contributed by atoms with Gasteiger partial charge < -0.3 is 10.2 Å². The highest BCUT2D eigenvalue weighted by Crippen LogP contribution is 2.18. The molecule has 0 spiro atoms. The molecule has 0 bridgehead atoms. The van der Waals surface area contributed by atoms with Crippen LogP contribution in [0.2, 0.25) is 0 Å². The average Bonchev–Trinajstić information content (AvgIpc) is 2.02. The summed E-state index contributed by atoms with van der Waals surface area (Å²) in [4.78, 5) is 32.5. The van der Waals surface area contributed by atoms with Gasteiger partial charge in [-0.3, -0.25) is 4.79 Å². The molecule has 1 heterocycles. The quantitative estimate of drug-likeness (QED) is 0.608. The zero-order valence-electron chi connectivity index (χ0n) is 6.77. The maximum Gasteiger partial charge on any atom is 0.414 e. The molecule has 0 aliphatic carbocycles. The molecular formula is C7H9NO5. The van der Waals surface area contributed by atoms with E-state index in [1.54, 1.807) is 0 Å². The van der Waals surface area contributed by atoms with E-state index in [4.69, 9.17) is 10.2 Å². The number of imide groups is 1. The molecule has 1 rings (SSSR count). The second kappa shape index (κ2) is 3.42. The summed E-state index contributed by atoms with van der Waals surface area (Å²) in [6.45, 7) is 0. The lowest BCUT2D eigenvalue weighted by molar-refractivity contribution is -0.150. The van der Waals surface area contributed by atoms with Gasteiger partial charge in [-0.2, -0.15) is 0 Å². The van der Waals surface area contributed by atoms with E-state index in [0.29, 0.717) is 11.3 Å². The summed E-state index contributed by atoms with van der Waals surface area (Å²) in [6.07, 6.45) is -0.750. The second-order valence-electron chi connectivity index (χ2n) is 2.79. The minimum Gasteiger partial charge on any atom is -0.480 e. The van der Waals surface area contributed by atoms with Crippen LogP contribution in [-0.4, -0.2) is 39.1 Å². The minimum absolute atomic E-state index is 0.107. The number of piperidine rings is 1. The van der Waals surface area contributed by atoms with E-state index in [9.17, 15) is 14.4 Å². The highest BCUT2D eigenvalue weighted by Gasteiger charge is 2.37. The Morgan fingerprint density at radius 1 is 1.38 bits per heavy atom. The molecule has 2 amide bonds. The van der Waals surface area contributed by atoms with Gasteiger partial charge in [-0.25, -0.2) is 14.5 Å². The third-order valence-electron chi connectivity index (χ3n) is 1.94. The number of hydrogen-bond donors (Lipinski definition) is 2. The van der Waals surface area contributed by atoms with Crippen LogP contribution in [0.1, 0.15) is 19.3 Å². The Morgan fingerprint density at radius 3 is 2.38 bits per heavy atom. The molecule has 0 aromatic heterocycles. The highest BCUT2D eigenvalue weighted by atomic mass is 16.4. The molecule has 0 aromatic rings. The van der Waals surface area contributed by atoms with Crippen LogP contribution in [0.25, 0.3) is 0 Å². The normalized spacial score (nSPS) is 22.9. The predicted octanol–water partition coefficient (Wildman–Crippen LogP) is 0.130. The van der Waals surface area contributed by atoms with Crippen LogP contribution in [0, 0.1) is 0 Å². The molecule has 2 N–H and O–H groups in total. The number of carboxylic acids is 1. The first-order valence-corrected chi connectivity index (χ1v) is 3.82. The number of rotatable bonds is 1. The van der Waals surface area contributed by atoms with E-state index in [-0.39, 0.29) is 12.8 Å². The van der Waals surface area contributed by atoms with Crippen molar-refractivity contribution in [3.8, 4) is 0 Å². The number of carbonyl (C=O) groups excluding carboxylic acids is 1. The summed E-state index contributed by atoms with van der Waals surface area (Å²) in [5, 5.41) is 17.2. The van der Waals surface area contributed by atoms with Gasteiger partial charge in [0, 0.05) is 6.42 Å². The van der Waals surface area contributed by atoms with Crippen molar-refractivity contribution in [2.24, 2.45) is 0 Å². The SMILES string of the molecule is O=C(O)[C@H]1CCCC(=O)N1C(=O)O. The summed E-state index contributed by atoms with van der Waals surface area (Å²) >= 11 is 0. The smallest absolute Gasteiger partial charge is 0.414 e. The Labute approximate surface area is 73.8 Å². The van der Waals surface area contributed by atoms with E-state index in [1.165, 1.54) is 0 Å².